The molecule has 0 bridgehead atoms. The van der Waals surface area contributed by atoms with Crippen molar-refractivity contribution in [2.24, 2.45) is 0 Å². The van der Waals surface area contributed by atoms with E-state index < -0.39 is 0 Å². The van der Waals surface area contributed by atoms with Crippen LogP contribution in [0.3, 0.4) is 0 Å². The van der Waals surface area contributed by atoms with Crippen LogP contribution in [0.4, 0.5) is 0 Å². The van der Waals surface area contributed by atoms with E-state index in [1.807, 2.05) is 31.2 Å². The molecule has 0 fully saturated rings. The number of carbonyl (C=O) groups is 1. The second kappa shape index (κ2) is 7.03. The number of para-hydroxylation sites is 1. The molecule has 0 N–H and O–H groups in total. The Labute approximate surface area is 140 Å². The molecular weight excluding hydrogens is 321 g/mol. The van der Waals surface area contributed by atoms with E-state index in [4.69, 9.17) is 27.9 Å². The minimum atomic E-state index is -0.141. The lowest BCUT2D eigenvalue weighted by Gasteiger charge is -2.26. The molecule has 0 aliphatic heterocycles. The number of nitrogens with zero attached hydrogens (tertiary/aromatic N) is 1. The van der Waals surface area contributed by atoms with Crippen molar-refractivity contribution in [1.82, 2.24) is 4.90 Å². The molecule has 22 heavy (non-hydrogen) atoms. The molecule has 2 rings (SSSR count). The van der Waals surface area contributed by atoms with Crippen molar-refractivity contribution in [3.05, 3.63) is 63.6 Å². The Bertz CT molecular complexity index is 688. The van der Waals surface area contributed by atoms with Crippen LogP contribution in [0.15, 0.2) is 42.5 Å². The predicted octanol–water partition coefficient (Wildman–Crippen LogP) is 4.84. The summed E-state index contributed by atoms with van der Waals surface area (Å²) in [5.41, 5.74) is 1.44. The second-order valence-electron chi connectivity index (χ2n) is 4.96. The van der Waals surface area contributed by atoms with Crippen LogP contribution in [-0.2, 0) is 0 Å². The number of amides is 1. The molecule has 0 radical (unpaired) electrons. The highest BCUT2D eigenvalue weighted by Crippen LogP contribution is 2.30. The van der Waals surface area contributed by atoms with Crippen LogP contribution in [0, 0.1) is 0 Å². The van der Waals surface area contributed by atoms with Crippen molar-refractivity contribution < 1.29 is 9.53 Å². The third-order valence-electron chi connectivity index (χ3n) is 3.66. The summed E-state index contributed by atoms with van der Waals surface area (Å²) < 4.78 is 5.36. The Morgan fingerprint density at radius 2 is 1.82 bits per heavy atom. The molecule has 1 unspecified atom stereocenters. The van der Waals surface area contributed by atoms with Gasteiger partial charge in [-0.05, 0) is 31.2 Å². The third-order valence-corrected chi connectivity index (χ3v) is 4.40. The van der Waals surface area contributed by atoms with Gasteiger partial charge in [-0.15, -0.1) is 0 Å². The summed E-state index contributed by atoms with van der Waals surface area (Å²) in [6.07, 6.45) is 0. The fourth-order valence-corrected chi connectivity index (χ4v) is 2.53. The Kier molecular flexibility index (Phi) is 5.33. The maximum absolute atomic E-state index is 12.6. The summed E-state index contributed by atoms with van der Waals surface area (Å²) in [6.45, 7) is 1.95. The molecule has 3 nitrogen and oxygen atoms in total. The van der Waals surface area contributed by atoms with E-state index in [1.165, 1.54) is 0 Å². The number of ether oxygens (including phenoxy) is 1. The van der Waals surface area contributed by atoms with Crippen LogP contribution >= 0.6 is 23.2 Å². The van der Waals surface area contributed by atoms with Gasteiger partial charge in [-0.1, -0.05) is 41.4 Å². The van der Waals surface area contributed by atoms with E-state index in [0.29, 0.717) is 15.6 Å². The molecule has 0 aliphatic rings. The fraction of sp³-hybridized carbons (Fsp3) is 0.235. The van der Waals surface area contributed by atoms with Crippen molar-refractivity contribution in [3.63, 3.8) is 0 Å². The van der Waals surface area contributed by atoms with E-state index in [9.17, 15) is 4.79 Å². The molecular formula is C17H17Cl2NO2. The van der Waals surface area contributed by atoms with Gasteiger partial charge in [0.25, 0.3) is 5.91 Å². The summed E-state index contributed by atoms with van der Waals surface area (Å²) in [6, 6.07) is 12.4. The van der Waals surface area contributed by atoms with E-state index in [0.717, 1.165) is 11.3 Å². The minimum Gasteiger partial charge on any atom is -0.496 e. The van der Waals surface area contributed by atoms with Crippen LogP contribution in [0.2, 0.25) is 10.0 Å². The number of rotatable bonds is 4. The maximum atomic E-state index is 12.6. The van der Waals surface area contributed by atoms with Crippen molar-refractivity contribution in [2.45, 2.75) is 13.0 Å². The molecule has 0 saturated heterocycles. The second-order valence-corrected chi connectivity index (χ2v) is 5.78. The summed E-state index contributed by atoms with van der Waals surface area (Å²) in [7, 11) is 3.37. The molecule has 2 aromatic carbocycles. The van der Waals surface area contributed by atoms with Gasteiger partial charge in [-0.25, -0.2) is 0 Å². The number of methoxy groups -OCH3 is 1. The topological polar surface area (TPSA) is 29.5 Å². The first-order valence-corrected chi connectivity index (χ1v) is 7.56. The maximum Gasteiger partial charge on any atom is 0.254 e. The Morgan fingerprint density at radius 3 is 2.45 bits per heavy atom. The molecule has 0 aliphatic carbocycles. The number of halogens is 2. The van der Waals surface area contributed by atoms with E-state index >= 15 is 0 Å². The zero-order chi connectivity index (χ0) is 16.3. The van der Waals surface area contributed by atoms with Gasteiger partial charge < -0.3 is 9.64 Å². The molecule has 0 heterocycles. The minimum absolute atomic E-state index is 0.128. The lowest BCUT2D eigenvalue weighted by atomic mass is 10.0. The van der Waals surface area contributed by atoms with Gasteiger partial charge in [-0.3, -0.25) is 4.79 Å². The Morgan fingerprint density at radius 1 is 1.14 bits per heavy atom. The summed E-state index contributed by atoms with van der Waals surface area (Å²) in [5.74, 6) is 0.626. The quantitative estimate of drug-likeness (QED) is 0.799. The Hall–Kier alpha value is -1.71. The van der Waals surface area contributed by atoms with Gasteiger partial charge in [0.1, 0.15) is 5.75 Å². The SMILES string of the molecule is COc1ccccc1C(C)N(C)C(=O)c1ccc(Cl)c(Cl)c1. The van der Waals surface area contributed by atoms with Crippen molar-refractivity contribution in [3.8, 4) is 5.75 Å². The van der Waals surface area contributed by atoms with Crippen molar-refractivity contribution >= 4 is 29.1 Å². The number of carbonyl (C=O) groups excluding carboxylic acids is 1. The van der Waals surface area contributed by atoms with Crippen LogP contribution in [0.25, 0.3) is 0 Å². The summed E-state index contributed by atoms with van der Waals surface area (Å²) in [5, 5.41) is 0.796. The molecule has 0 aromatic heterocycles. The smallest absolute Gasteiger partial charge is 0.254 e. The van der Waals surface area contributed by atoms with Gasteiger partial charge >= 0.3 is 0 Å². The summed E-state index contributed by atoms with van der Waals surface area (Å²) >= 11 is 11.9. The monoisotopic (exact) mass is 337 g/mol. The van der Waals surface area contributed by atoms with E-state index in [-0.39, 0.29) is 11.9 Å². The summed E-state index contributed by atoms with van der Waals surface area (Å²) in [4.78, 5) is 14.3. The van der Waals surface area contributed by atoms with E-state index in [2.05, 4.69) is 0 Å². The van der Waals surface area contributed by atoms with Crippen LogP contribution in [-0.4, -0.2) is 25.0 Å². The first-order valence-electron chi connectivity index (χ1n) is 6.80. The molecule has 1 atom stereocenters. The van der Waals surface area contributed by atoms with Crippen LogP contribution in [0.1, 0.15) is 28.9 Å². The van der Waals surface area contributed by atoms with Crippen molar-refractivity contribution in [2.75, 3.05) is 14.2 Å². The van der Waals surface area contributed by atoms with Gasteiger partial charge in [0.15, 0.2) is 0 Å². The standard InChI is InChI=1S/C17H17Cl2NO2/c1-11(13-6-4-5-7-16(13)22-3)20(2)17(21)12-8-9-14(18)15(19)10-12/h4-11H,1-3H3. The molecule has 0 saturated carbocycles. The first-order chi connectivity index (χ1) is 10.5. The van der Waals surface area contributed by atoms with Crippen molar-refractivity contribution in [1.29, 1.82) is 0 Å². The van der Waals surface area contributed by atoms with E-state index in [1.54, 1.807) is 37.3 Å². The van der Waals surface area contributed by atoms with Crippen LogP contribution in [0.5, 0.6) is 5.75 Å². The largest absolute Gasteiger partial charge is 0.496 e. The predicted molar refractivity (Wildman–Crippen MR) is 90.0 cm³/mol. The normalized spacial score (nSPS) is 11.9. The van der Waals surface area contributed by atoms with Crippen LogP contribution < -0.4 is 4.74 Å². The lowest BCUT2D eigenvalue weighted by Crippen LogP contribution is -2.29. The number of hydrogen-bond donors (Lipinski definition) is 0. The number of benzene rings is 2. The van der Waals surface area contributed by atoms with Gasteiger partial charge in [0.05, 0.1) is 23.2 Å². The highest BCUT2D eigenvalue weighted by Gasteiger charge is 2.21. The third kappa shape index (κ3) is 3.37. The van der Waals surface area contributed by atoms with Gasteiger partial charge in [0.2, 0.25) is 0 Å². The zero-order valence-corrected chi connectivity index (χ0v) is 14.2. The molecule has 5 heteroatoms. The molecule has 116 valence electrons. The highest BCUT2D eigenvalue weighted by atomic mass is 35.5. The zero-order valence-electron chi connectivity index (χ0n) is 12.6. The first kappa shape index (κ1) is 16.7. The molecule has 1 amide bonds. The average molecular weight is 338 g/mol. The molecule has 0 spiro atoms. The lowest BCUT2D eigenvalue weighted by molar-refractivity contribution is 0.0741. The number of hydrogen-bond acceptors (Lipinski definition) is 2. The Balaban J connectivity index is 2.28. The molecule has 2 aromatic rings. The van der Waals surface area contributed by atoms with Gasteiger partial charge in [0, 0.05) is 18.2 Å². The highest BCUT2D eigenvalue weighted by molar-refractivity contribution is 6.42. The van der Waals surface area contributed by atoms with Gasteiger partial charge in [-0.2, -0.15) is 0 Å². The average Bonchev–Trinajstić information content (AvgIpc) is 2.55. The fourth-order valence-electron chi connectivity index (χ4n) is 2.23.